The molecular weight excluding hydrogens is 783 g/mol. The van der Waals surface area contributed by atoms with E-state index in [0.717, 1.165) is 84.1 Å². The van der Waals surface area contributed by atoms with Crippen LogP contribution in [0.2, 0.25) is 0 Å². The lowest BCUT2D eigenvalue weighted by molar-refractivity contribution is 0.257. The maximum Gasteiger partial charge on any atom is 0.122 e. The average Bonchev–Trinajstić information content (AvgIpc) is 4.08. The lowest BCUT2D eigenvalue weighted by atomic mass is 10.0. The van der Waals surface area contributed by atoms with E-state index in [0.29, 0.717) is 43.8 Å². The Labute approximate surface area is 355 Å². The van der Waals surface area contributed by atoms with E-state index in [1.807, 2.05) is 56.3 Å². The molecule has 0 aliphatic carbocycles. The number of aromatic amines is 4. The SMILES string of the molecule is Cc1ccc(C2NC(C3CCC(C4C[C@@H](F)C(c5ccc(-c6ccc(-c7ccc(C8C[C@@H](F)C(C9CCC(C%10CCC(C%11C[C@@H](F)C(C)N%11)N%10)N9)N8)[nH]7)[nH]6)[nH]5)N4)N3)C[C@H]2F)[nH]1. The van der Waals surface area contributed by atoms with Gasteiger partial charge in [-0.05, 0) is 120 Å². The van der Waals surface area contributed by atoms with E-state index in [9.17, 15) is 4.39 Å². The fourth-order valence-electron chi connectivity index (χ4n) is 12.5. The Hall–Kier alpha value is -3.44. The zero-order valence-corrected chi connectivity index (χ0v) is 35.1. The molecule has 4 aromatic heterocycles. The molecule has 61 heavy (non-hydrogen) atoms. The summed E-state index contributed by atoms with van der Waals surface area (Å²) in [5.41, 5.74) is 7.35. The van der Waals surface area contributed by atoms with Crippen molar-refractivity contribution in [2.75, 3.05) is 0 Å². The number of aromatic nitrogens is 4. The molecule has 7 aliphatic heterocycles. The second kappa shape index (κ2) is 16.3. The number of H-pyrrole nitrogens is 4. The standard InChI is InChI=1S/C46H63F4N11/c1-21-3-4-37(51-21)44-24(48)18-42(59-44)35-11-12-36(56-35)43-20-26(50)46(61-43)38-15-13-31(57-38)29-6-5-27(53-29)28-8-10-34(55-28)41-19-25(49)45(60-41)39-16-14-32(58-39)30-7-9-33(54-30)40-17-23(47)22(2)52-40/h3-6,8,10,13,15,22-26,30,32-33,35-36,39-46,51-61H,7,9,11-12,14,16-20H2,1-2H3/t22?,23-,24-,25-,26-,30?,32?,33?,35?,36?,39?,40?,41?,42?,43?,44?,45?,46?/m1/s1. The van der Waals surface area contributed by atoms with Crippen LogP contribution in [-0.2, 0) is 0 Å². The summed E-state index contributed by atoms with van der Waals surface area (Å²) in [7, 11) is 0. The summed E-state index contributed by atoms with van der Waals surface area (Å²) in [5.74, 6) is 0. The number of halogens is 4. The fraction of sp³-hybridized carbons (Fsp3) is 0.652. The van der Waals surface area contributed by atoms with Crippen molar-refractivity contribution >= 4 is 0 Å². The molecule has 7 aliphatic rings. The van der Waals surface area contributed by atoms with Crippen LogP contribution < -0.4 is 37.2 Å². The van der Waals surface area contributed by atoms with Crippen LogP contribution in [-0.4, -0.2) is 111 Å². The molecule has 0 aromatic carbocycles. The summed E-state index contributed by atoms with van der Waals surface area (Å²) in [5, 5.41) is 25.5. The van der Waals surface area contributed by atoms with E-state index in [-0.39, 0.29) is 60.4 Å². The highest BCUT2D eigenvalue weighted by molar-refractivity contribution is 5.65. The van der Waals surface area contributed by atoms with Gasteiger partial charge in [-0.1, -0.05) is 0 Å². The monoisotopic (exact) mass is 846 g/mol. The molecule has 330 valence electrons. The number of aryl methyl sites for hydroxylation is 1. The smallest absolute Gasteiger partial charge is 0.122 e. The third-order valence-corrected chi connectivity index (χ3v) is 15.8. The second-order valence-corrected chi connectivity index (χ2v) is 19.7. The number of nitrogens with one attached hydrogen (secondary N) is 11. The van der Waals surface area contributed by atoms with Gasteiger partial charge < -0.3 is 57.2 Å². The maximum atomic E-state index is 15.7. The molecule has 18 atom stereocenters. The average molecular weight is 846 g/mol. The Morgan fingerprint density at radius 1 is 0.393 bits per heavy atom. The van der Waals surface area contributed by atoms with Crippen LogP contribution in [0.5, 0.6) is 0 Å². The number of rotatable bonds is 10. The van der Waals surface area contributed by atoms with Crippen LogP contribution >= 0.6 is 0 Å². The highest BCUT2D eigenvalue weighted by Crippen LogP contribution is 2.39. The van der Waals surface area contributed by atoms with E-state index in [1.165, 1.54) is 0 Å². The van der Waals surface area contributed by atoms with Crippen LogP contribution in [0.3, 0.4) is 0 Å². The topological polar surface area (TPSA) is 147 Å². The Kier molecular flexibility index (Phi) is 10.8. The summed E-state index contributed by atoms with van der Waals surface area (Å²) >= 11 is 0. The second-order valence-electron chi connectivity index (χ2n) is 19.7. The van der Waals surface area contributed by atoms with E-state index < -0.39 is 30.7 Å². The van der Waals surface area contributed by atoms with Crippen LogP contribution in [0, 0.1) is 6.92 Å². The van der Waals surface area contributed by atoms with Gasteiger partial charge in [0.25, 0.3) is 0 Å². The van der Waals surface area contributed by atoms with Gasteiger partial charge in [-0.3, -0.25) is 0 Å². The van der Waals surface area contributed by atoms with Crippen molar-refractivity contribution in [3.8, 4) is 22.8 Å². The van der Waals surface area contributed by atoms with Crippen molar-refractivity contribution in [2.45, 2.75) is 187 Å². The normalized spacial score (nSPS) is 42.8. The van der Waals surface area contributed by atoms with E-state index >= 15 is 13.2 Å². The Balaban J connectivity index is 0.670. The van der Waals surface area contributed by atoms with Crippen LogP contribution in [0.1, 0.15) is 112 Å². The first-order valence-corrected chi connectivity index (χ1v) is 23.2. The zero-order chi connectivity index (χ0) is 41.5. The lowest BCUT2D eigenvalue weighted by Crippen LogP contribution is -2.53. The predicted molar refractivity (Wildman–Crippen MR) is 229 cm³/mol. The Morgan fingerprint density at radius 3 is 1.39 bits per heavy atom. The Bertz CT molecular complexity index is 2120. The first kappa shape index (κ1) is 40.3. The molecule has 11 nitrogen and oxygen atoms in total. The van der Waals surface area contributed by atoms with Crippen molar-refractivity contribution in [3.05, 3.63) is 71.3 Å². The van der Waals surface area contributed by atoms with Gasteiger partial charge in [0.15, 0.2) is 0 Å². The molecule has 0 amide bonds. The van der Waals surface area contributed by atoms with Gasteiger partial charge in [0.05, 0.1) is 46.9 Å². The summed E-state index contributed by atoms with van der Waals surface area (Å²) in [4.78, 5) is 13.9. The highest BCUT2D eigenvalue weighted by Gasteiger charge is 2.48. The molecule has 7 saturated heterocycles. The van der Waals surface area contributed by atoms with Gasteiger partial charge in [0.2, 0.25) is 0 Å². The minimum absolute atomic E-state index is 0.0109. The summed E-state index contributed by atoms with van der Waals surface area (Å²) in [6, 6.07) is 16.4. The highest BCUT2D eigenvalue weighted by atomic mass is 19.1. The minimum atomic E-state index is -1.03. The van der Waals surface area contributed by atoms with E-state index in [1.54, 1.807) is 0 Å². The van der Waals surface area contributed by atoms with Gasteiger partial charge >= 0.3 is 0 Å². The molecule has 0 bridgehead atoms. The lowest BCUT2D eigenvalue weighted by Gasteiger charge is -2.27. The minimum Gasteiger partial charge on any atom is -0.361 e. The van der Waals surface area contributed by atoms with Gasteiger partial charge in [0.1, 0.15) is 24.7 Å². The molecule has 15 heteroatoms. The quantitative estimate of drug-likeness (QED) is 0.0877. The summed E-state index contributed by atoms with van der Waals surface area (Å²) in [6.07, 6.45) is 4.10. The third kappa shape index (κ3) is 7.73. The molecule has 0 spiro atoms. The van der Waals surface area contributed by atoms with Crippen molar-refractivity contribution in [1.29, 1.82) is 0 Å². The molecule has 14 unspecified atom stereocenters. The van der Waals surface area contributed by atoms with Crippen molar-refractivity contribution in [1.82, 2.24) is 57.2 Å². The molecule has 11 heterocycles. The van der Waals surface area contributed by atoms with Crippen LogP contribution in [0.25, 0.3) is 22.8 Å². The molecule has 7 fully saturated rings. The Morgan fingerprint density at radius 2 is 0.836 bits per heavy atom. The van der Waals surface area contributed by atoms with E-state index in [4.69, 9.17) is 0 Å². The number of hydrogen-bond acceptors (Lipinski definition) is 7. The number of alkyl halides is 4. The zero-order valence-electron chi connectivity index (χ0n) is 35.1. The van der Waals surface area contributed by atoms with Crippen molar-refractivity contribution < 1.29 is 17.6 Å². The predicted octanol–water partition coefficient (Wildman–Crippen LogP) is 6.02. The number of hydrogen-bond donors (Lipinski definition) is 11. The van der Waals surface area contributed by atoms with Gasteiger partial charge in [0, 0.05) is 89.6 Å². The molecule has 0 saturated carbocycles. The third-order valence-electron chi connectivity index (χ3n) is 15.8. The van der Waals surface area contributed by atoms with Crippen LogP contribution in [0.15, 0.2) is 48.5 Å². The molecule has 4 aromatic rings. The summed E-state index contributed by atoms with van der Waals surface area (Å²) < 4.78 is 60.7. The molecule has 11 rings (SSSR count). The fourth-order valence-corrected chi connectivity index (χ4v) is 12.5. The molecule has 11 N–H and O–H groups in total. The first-order valence-electron chi connectivity index (χ1n) is 23.2. The van der Waals surface area contributed by atoms with Crippen molar-refractivity contribution in [2.24, 2.45) is 0 Å². The van der Waals surface area contributed by atoms with Gasteiger partial charge in [-0.15, -0.1) is 0 Å². The van der Waals surface area contributed by atoms with Crippen molar-refractivity contribution in [3.63, 3.8) is 0 Å². The van der Waals surface area contributed by atoms with Gasteiger partial charge in [-0.25, -0.2) is 17.6 Å². The first-order chi connectivity index (χ1) is 29.6. The summed E-state index contributed by atoms with van der Waals surface area (Å²) in [6.45, 7) is 3.91. The van der Waals surface area contributed by atoms with Crippen LogP contribution in [0.4, 0.5) is 17.6 Å². The molecular formula is C46H63F4N11. The van der Waals surface area contributed by atoms with Gasteiger partial charge in [-0.2, -0.15) is 0 Å². The molecule has 0 radical (unpaired) electrons. The van der Waals surface area contributed by atoms with E-state index in [2.05, 4.69) is 63.2 Å². The largest absolute Gasteiger partial charge is 0.361 e. The maximum absolute atomic E-state index is 15.7.